The maximum Gasteiger partial charge on any atom is 0.326 e. The standard InChI is InChI=1S/C23H28N2O4/c1-16-13-25(14-17(2)29-16)15-19-8-10-20(11-9-19)22(26)24-21(23(27)28)12-18-6-4-3-5-7-18/h3-11,16-17,21H,12-15H2,1-2H3,(H,24,26)(H,27,28)/t16?,17?,21-/m0/s1. The summed E-state index contributed by atoms with van der Waals surface area (Å²) in [5, 5.41) is 12.1. The van der Waals surface area contributed by atoms with Crippen LogP contribution in [0.25, 0.3) is 0 Å². The van der Waals surface area contributed by atoms with Crippen LogP contribution >= 0.6 is 0 Å². The van der Waals surface area contributed by atoms with Gasteiger partial charge in [-0.05, 0) is 37.1 Å². The molecule has 1 aliphatic heterocycles. The zero-order valence-electron chi connectivity index (χ0n) is 16.9. The van der Waals surface area contributed by atoms with Gasteiger partial charge in [0.2, 0.25) is 0 Å². The average molecular weight is 396 g/mol. The van der Waals surface area contributed by atoms with Gasteiger partial charge in [-0.2, -0.15) is 0 Å². The number of aliphatic carboxylic acids is 1. The monoisotopic (exact) mass is 396 g/mol. The predicted octanol–water partition coefficient (Wildman–Crippen LogP) is 2.72. The van der Waals surface area contributed by atoms with Gasteiger partial charge in [-0.25, -0.2) is 4.79 Å². The van der Waals surface area contributed by atoms with Gasteiger partial charge in [0.15, 0.2) is 0 Å². The largest absolute Gasteiger partial charge is 0.480 e. The number of carboxylic acids is 1. The van der Waals surface area contributed by atoms with Gasteiger partial charge in [-0.1, -0.05) is 42.5 Å². The lowest BCUT2D eigenvalue weighted by Gasteiger charge is -2.35. The highest BCUT2D eigenvalue weighted by molar-refractivity contribution is 5.96. The molecule has 0 aromatic heterocycles. The van der Waals surface area contributed by atoms with Crippen molar-refractivity contribution in [3.05, 3.63) is 71.3 Å². The second-order valence-corrected chi connectivity index (χ2v) is 7.70. The first kappa shape index (κ1) is 21.0. The van der Waals surface area contributed by atoms with Crippen LogP contribution in [0, 0.1) is 0 Å². The normalized spacial score (nSPS) is 20.8. The van der Waals surface area contributed by atoms with E-state index in [0.717, 1.165) is 30.8 Å². The van der Waals surface area contributed by atoms with Gasteiger partial charge in [0.05, 0.1) is 12.2 Å². The summed E-state index contributed by atoms with van der Waals surface area (Å²) in [4.78, 5) is 26.4. The number of carbonyl (C=O) groups excluding carboxylic acids is 1. The van der Waals surface area contributed by atoms with Crippen LogP contribution in [0.3, 0.4) is 0 Å². The quantitative estimate of drug-likeness (QED) is 0.752. The molecule has 154 valence electrons. The van der Waals surface area contributed by atoms with E-state index in [1.165, 1.54) is 0 Å². The highest BCUT2D eigenvalue weighted by Crippen LogP contribution is 2.15. The molecule has 6 nitrogen and oxygen atoms in total. The average Bonchev–Trinajstić information content (AvgIpc) is 2.68. The van der Waals surface area contributed by atoms with Gasteiger partial charge >= 0.3 is 5.97 Å². The highest BCUT2D eigenvalue weighted by Gasteiger charge is 2.23. The smallest absolute Gasteiger partial charge is 0.326 e. The van der Waals surface area contributed by atoms with Crippen molar-refractivity contribution in [3.8, 4) is 0 Å². The fourth-order valence-electron chi connectivity index (χ4n) is 3.72. The van der Waals surface area contributed by atoms with E-state index in [-0.39, 0.29) is 24.5 Å². The van der Waals surface area contributed by atoms with E-state index in [4.69, 9.17) is 4.74 Å². The molecule has 0 aliphatic carbocycles. The summed E-state index contributed by atoms with van der Waals surface area (Å²) in [7, 11) is 0. The van der Waals surface area contributed by atoms with E-state index in [1.807, 2.05) is 42.5 Å². The van der Waals surface area contributed by atoms with Crippen molar-refractivity contribution in [2.75, 3.05) is 13.1 Å². The number of rotatable bonds is 7. The molecule has 0 bridgehead atoms. The van der Waals surface area contributed by atoms with Crippen LogP contribution in [0.1, 0.15) is 35.3 Å². The van der Waals surface area contributed by atoms with E-state index >= 15 is 0 Å². The molecule has 29 heavy (non-hydrogen) atoms. The number of nitrogens with zero attached hydrogens (tertiary/aromatic N) is 1. The van der Waals surface area contributed by atoms with E-state index in [0.29, 0.717) is 5.56 Å². The second-order valence-electron chi connectivity index (χ2n) is 7.70. The Morgan fingerprint density at radius 1 is 1.03 bits per heavy atom. The summed E-state index contributed by atoms with van der Waals surface area (Å²) in [6, 6.07) is 15.7. The first-order valence-corrected chi connectivity index (χ1v) is 9.95. The molecule has 2 unspecified atom stereocenters. The molecule has 1 saturated heterocycles. The molecule has 6 heteroatoms. The molecule has 2 aromatic rings. The third-order valence-electron chi connectivity index (χ3n) is 5.00. The lowest BCUT2D eigenvalue weighted by Crippen LogP contribution is -2.44. The SMILES string of the molecule is CC1CN(Cc2ccc(C(=O)N[C@@H](Cc3ccccc3)C(=O)O)cc2)CC(C)O1. The third-order valence-corrected chi connectivity index (χ3v) is 5.00. The number of nitrogens with one attached hydrogen (secondary N) is 1. The molecule has 0 spiro atoms. The van der Waals surface area contributed by atoms with Crippen LogP contribution in [-0.4, -0.2) is 53.2 Å². The van der Waals surface area contributed by atoms with Crippen LogP contribution in [0.4, 0.5) is 0 Å². The van der Waals surface area contributed by atoms with Gasteiger partial charge < -0.3 is 15.2 Å². The minimum absolute atomic E-state index is 0.210. The van der Waals surface area contributed by atoms with Crippen LogP contribution in [-0.2, 0) is 22.5 Å². The molecule has 1 amide bonds. The molecule has 3 atom stereocenters. The zero-order chi connectivity index (χ0) is 20.8. The Balaban J connectivity index is 1.59. The van der Waals surface area contributed by atoms with Gasteiger partial charge in [0, 0.05) is 31.6 Å². The van der Waals surface area contributed by atoms with E-state index in [9.17, 15) is 14.7 Å². The molecule has 0 saturated carbocycles. The second kappa shape index (κ2) is 9.67. The summed E-state index contributed by atoms with van der Waals surface area (Å²) in [5.74, 6) is -1.43. The van der Waals surface area contributed by atoms with Crippen LogP contribution in [0.5, 0.6) is 0 Å². The van der Waals surface area contributed by atoms with Gasteiger partial charge in [0.1, 0.15) is 6.04 Å². The molecule has 2 N–H and O–H groups in total. The Morgan fingerprint density at radius 2 is 1.66 bits per heavy atom. The van der Waals surface area contributed by atoms with Gasteiger partial charge in [0.25, 0.3) is 5.91 Å². The fraction of sp³-hybridized carbons (Fsp3) is 0.391. The molecule has 1 heterocycles. The third kappa shape index (κ3) is 6.14. The van der Waals surface area contributed by atoms with E-state index in [2.05, 4.69) is 24.1 Å². The number of benzene rings is 2. The Kier molecular flexibility index (Phi) is 7.01. The minimum Gasteiger partial charge on any atom is -0.480 e. The van der Waals surface area contributed by atoms with Crippen LogP contribution < -0.4 is 5.32 Å². The van der Waals surface area contributed by atoms with Crippen molar-refractivity contribution in [1.29, 1.82) is 0 Å². The molecule has 2 aromatic carbocycles. The number of amides is 1. The number of hydrogen-bond donors (Lipinski definition) is 2. The molecule has 1 fully saturated rings. The van der Waals surface area contributed by atoms with Crippen molar-refractivity contribution in [2.45, 2.75) is 45.1 Å². The summed E-state index contributed by atoms with van der Waals surface area (Å²) in [6.45, 7) is 6.71. The van der Waals surface area contributed by atoms with E-state index in [1.54, 1.807) is 12.1 Å². The number of hydrogen-bond acceptors (Lipinski definition) is 4. The first-order chi connectivity index (χ1) is 13.9. The fourth-order valence-corrected chi connectivity index (χ4v) is 3.72. The first-order valence-electron chi connectivity index (χ1n) is 9.95. The Morgan fingerprint density at radius 3 is 2.24 bits per heavy atom. The maximum absolute atomic E-state index is 12.5. The maximum atomic E-state index is 12.5. The molecule has 1 aliphatic rings. The summed E-state index contributed by atoms with van der Waals surface area (Å²) < 4.78 is 5.76. The summed E-state index contributed by atoms with van der Waals surface area (Å²) in [5.41, 5.74) is 2.43. The summed E-state index contributed by atoms with van der Waals surface area (Å²) in [6.07, 6.45) is 0.663. The predicted molar refractivity (Wildman–Crippen MR) is 111 cm³/mol. The summed E-state index contributed by atoms with van der Waals surface area (Å²) >= 11 is 0. The van der Waals surface area contributed by atoms with Crippen molar-refractivity contribution in [2.24, 2.45) is 0 Å². The molecular weight excluding hydrogens is 368 g/mol. The Bertz CT molecular complexity index is 813. The molecule has 0 radical (unpaired) electrons. The molecule has 3 rings (SSSR count). The van der Waals surface area contributed by atoms with Gasteiger partial charge in [-0.15, -0.1) is 0 Å². The number of carbonyl (C=O) groups is 2. The van der Waals surface area contributed by atoms with Gasteiger partial charge in [-0.3, -0.25) is 9.69 Å². The zero-order valence-corrected chi connectivity index (χ0v) is 16.9. The highest BCUT2D eigenvalue weighted by atomic mass is 16.5. The van der Waals surface area contributed by atoms with Crippen molar-refractivity contribution in [3.63, 3.8) is 0 Å². The lowest BCUT2D eigenvalue weighted by molar-refractivity contribution is -0.139. The van der Waals surface area contributed by atoms with Crippen molar-refractivity contribution in [1.82, 2.24) is 10.2 Å². The van der Waals surface area contributed by atoms with Crippen molar-refractivity contribution >= 4 is 11.9 Å². The lowest BCUT2D eigenvalue weighted by atomic mass is 10.0. The molecular formula is C23H28N2O4. The topological polar surface area (TPSA) is 78.9 Å². The number of carboxylic acid groups (broad SMARTS) is 1. The van der Waals surface area contributed by atoms with Crippen molar-refractivity contribution < 1.29 is 19.4 Å². The van der Waals surface area contributed by atoms with E-state index < -0.39 is 12.0 Å². The van der Waals surface area contributed by atoms with Crippen LogP contribution in [0.2, 0.25) is 0 Å². The Labute approximate surface area is 171 Å². The number of ether oxygens (including phenoxy) is 1. The van der Waals surface area contributed by atoms with Crippen LogP contribution in [0.15, 0.2) is 54.6 Å². The minimum atomic E-state index is -1.05. The Hall–Kier alpha value is -2.70. The number of morpholine rings is 1.